The zero-order valence-electron chi connectivity index (χ0n) is 10.9. The standard InChI is InChI=1S/C14H20BrClN2/c1-3-10(2)13-9-18(7-6-17-13)14-5-4-11(15)8-12(14)16/h4-5,8,10,13,17H,3,6-7,9H2,1-2H3. The highest BCUT2D eigenvalue weighted by atomic mass is 79.9. The van der Waals surface area contributed by atoms with Gasteiger partial charge in [0.15, 0.2) is 0 Å². The molecule has 18 heavy (non-hydrogen) atoms. The lowest BCUT2D eigenvalue weighted by atomic mass is 9.97. The molecule has 1 aliphatic heterocycles. The van der Waals surface area contributed by atoms with Crippen molar-refractivity contribution in [3.8, 4) is 0 Å². The molecular weight excluding hydrogens is 312 g/mol. The van der Waals surface area contributed by atoms with Crippen LogP contribution in [0.15, 0.2) is 22.7 Å². The highest BCUT2D eigenvalue weighted by molar-refractivity contribution is 9.10. The highest BCUT2D eigenvalue weighted by Gasteiger charge is 2.24. The van der Waals surface area contributed by atoms with Crippen LogP contribution < -0.4 is 10.2 Å². The van der Waals surface area contributed by atoms with Gasteiger partial charge in [-0.3, -0.25) is 0 Å². The van der Waals surface area contributed by atoms with Gasteiger partial charge in [-0.05, 0) is 24.1 Å². The smallest absolute Gasteiger partial charge is 0.0650 e. The lowest BCUT2D eigenvalue weighted by Gasteiger charge is -2.38. The molecule has 0 aliphatic carbocycles. The molecule has 1 heterocycles. The van der Waals surface area contributed by atoms with E-state index in [4.69, 9.17) is 11.6 Å². The molecule has 100 valence electrons. The Bertz CT molecular complexity index is 411. The van der Waals surface area contributed by atoms with E-state index in [1.54, 1.807) is 0 Å². The maximum absolute atomic E-state index is 6.33. The van der Waals surface area contributed by atoms with Crippen LogP contribution in [0.4, 0.5) is 5.69 Å². The fraction of sp³-hybridized carbons (Fsp3) is 0.571. The third-order valence-corrected chi connectivity index (χ3v) is 4.58. The molecule has 1 fully saturated rings. The molecular formula is C14H20BrClN2. The minimum Gasteiger partial charge on any atom is -0.367 e. The number of halogens is 2. The molecule has 1 aliphatic rings. The van der Waals surface area contributed by atoms with Crippen molar-refractivity contribution in [2.24, 2.45) is 5.92 Å². The first-order valence-electron chi connectivity index (χ1n) is 6.55. The Morgan fingerprint density at radius 1 is 1.56 bits per heavy atom. The number of benzene rings is 1. The van der Waals surface area contributed by atoms with E-state index in [-0.39, 0.29) is 0 Å². The lowest BCUT2D eigenvalue weighted by Crippen LogP contribution is -2.53. The molecule has 0 aromatic heterocycles. The predicted molar refractivity (Wildman–Crippen MR) is 82.6 cm³/mol. The summed E-state index contributed by atoms with van der Waals surface area (Å²) >= 11 is 9.78. The maximum Gasteiger partial charge on any atom is 0.0650 e. The molecule has 0 spiro atoms. The number of hydrogen-bond donors (Lipinski definition) is 1. The highest BCUT2D eigenvalue weighted by Crippen LogP contribution is 2.30. The van der Waals surface area contributed by atoms with Crippen molar-refractivity contribution in [1.29, 1.82) is 0 Å². The number of anilines is 1. The van der Waals surface area contributed by atoms with Crippen LogP contribution in [0.5, 0.6) is 0 Å². The molecule has 0 radical (unpaired) electrons. The first-order valence-corrected chi connectivity index (χ1v) is 7.72. The quantitative estimate of drug-likeness (QED) is 0.903. The molecule has 1 N–H and O–H groups in total. The van der Waals surface area contributed by atoms with Gasteiger partial charge in [0.1, 0.15) is 0 Å². The second kappa shape index (κ2) is 6.27. The third-order valence-electron chi connectivity index (χ3n) is 3.79. The van der Waals surface area contributed by atoms with Crippen molar-refractivity contribution in [3.63, 3.8) is 0 Å². The van der Waals surface area contributed by atoms with E-state index in [1.807, 2.05) is 6.07 Å². The van der Waals surface area contributed by atoms with Gasteiger partial charge in [0.05, 0.1) is 10.7 Å². The Labute approximate surface area is 123 Å². The number of nitrogens with zero attached hydrogens (tertiary/aromatic N) is 1. The topological polar surface area (TPSA) is 15.3 Å². The van der Waals surface area contributed by atoms with Gasteiger partial charge in [-0.15, -0.1) is 0 Å². The van der Waals surface area contributed by atoms with Crippen molar-refractivity contribution in [2.45, 2.75) is 26.3 Å². The number of piperazine rings is 1. The van der Waals surface area contributed by atoms with Crippen molar-refractivity contribution in [1.82, 2.24) is 5.32 Å². The number of rotatable bonds is 3. The second-order valence-corrected chi connectivity index (χ2v) is 6.31. The summed E-state index contributed by atoms with van der Waals surface area (Å²) in [5.41, 5.74) is 1.15. The predicted octanol–water partition coefficient (Wildman–Crippen LogP) is 3.93. The Hall–Kier alpha value is -0.250. The van der Waals surface area contributed by atoms with Crippen molar-refractivity contribution in [2.75, 3.05) is 24.5 Å². The van der Waals surface area contributed by atoms with Crippen LogP contribution >= 0.6 is 27.5 Å². The molecule has 2 nitrogen and oxygen atoms in total. The van der Waals surface area contributed by atoms with Crippen LogP contribution in [0.2, 0.25) is 5.02 Å². The van der Waals surface area contributed by atoms with Crippen molar-refractivity contribution < 1.29 is 0 Å². The monoisotopic (exact) mass is 330 g/mol. The average molecular weight is 332 g/mol. The molecule has 0 bridgehead atoms. The summed E-state index contributed by atoms with van der Waals surface area (Å²) in [7, 11) is 0. The minimum atomic E-state index is 0.559. The molecule has 2 atom stereocenters. The first-order chi connectivity index (χ1) is 8.61. The van der Waals surface area contributed by atoms with Crippen LogP contribution in [-0.2, 0) is 0 Å². The van der Waals surface area contributed by atoms with Crippen molar-refractivity contribution >= 4 is 33.2 Å². The first kappa shape index (κ1) is 14.2. The summed E-state index contributed by atoms with van der Waals surface area (Å²) in [5.74, 6) is 0.696. The number of nitrogens with one attached hydrogen (secondary N) is 1. The Kier molecular flexibility index (Phi) is 4.93. The van der Waals surface area contributed by atoms with Crippen LogP contribution in [0.1, 0.15) is 20.3 Å². The summed E-state index contributed by atoms with van der Waals surface area (Å²) in [6, 6.07) is 6.69. The van der Waals surface area contributed by atoms with E-state index in [0.29, 0.717) is 12.0 Å². The maximum atomic E-state index is 6.33. The third kappa shape index (κ3) is 3.19. The van der Waals surface area contributed by atoms with Crippen LogP contribution in [0.3, 0.4) is 0 Å². The van der Waals surface area contributed by atoms with Gasteiger partial charge < -0.3 is 10.2 Å². The molecule has 1 aromatic carbocycles. The normalized spacial score (nSPS) is 22.0. The minimum absolute atomic E-state index is 0.559. The molecule has 2 rings (SSSR count). The summed E-state index contributed by atoms with van der Waals surface area (Å²) < 4.78 is 1.03. The van der Waals surface area contributed by atoms with E-state index in [0.717, 1.165) is 34.8 Å². The van der Waals surface area contributed by atoms with Crippen molar-refractivity contribution in [3.05, 3.63) is 27.7 Å². The Morgan fingerprint density at radius 2 is 2.33 bits per heavy atom. The van der Waals surface area contributed by atoms with E-state index in [1.165, 1.54) is 6.42 Å². The van der Waals surface area contributed by atoms with Gasteiger partial charge in [0.25, 0.3) is 0 Å². The fourth-order valence-corrected chi connectivity index (χ4v) is 3.19. The zero-order chi connectivity index (χ0) is 13.1. The van der Waals surface area contributed by atoms with E-state index in [9.17, 15) is 0 Å². The molecule has 0 amide bonds. The summed E-state index contributed by atoms with van der Waals surface area (Å²) in [6.45, 7) is 7.65. The Morgan fingerprint density at radius 3 is 3.00 bits per heavy atom. The molecule has 1 saturated heterocycles. The summed E-state index contributed by atoms with van der Waals surface area (Å²) in [5, 5.41) is 4.43. The Balaban J connectivity index is 2.13. The van der Waals surface area contributed by atoms with Gasteiger partial charge in [-0.1, -0.05) is 47.8 Å². The lowest BCUT2D eigenvalue weighted by molar-refractivity contribution is 0.342. The summed E-state index contributed by atoms with van der Waals surface area (Å²) in [6.07, 6.45) is 1.21. The van der Waals surface area contributed by atoms with Gasteiger partial charge >= 0.3 is 0 Å². The van der Waals surface area contributed by atoms with Gasteiger partial charge in [-0.25, -0.2) is 0 Å². The van der Waals surface area contributed by atoms with Crippen LogP contribution in [0, 0.1) is 5.92 Å². The van der Waals surface area contributed by atoms with E-state index < -0.39 is 0 Å². The average Bonchev–Trinajstić information content (AvgIpc) is 2.38. The van der Waals surface area contributed by atoms with Gasteiger partial charge in [0.2, 0.25) is 0 Å². The van der Waals surface area contributed by atoms with Crippen LogP contribution in [-0.4, -0.2) is 25.7 Å². The number of hydrogen-bond acceptors (Lipinski definition) is 2. The summed E-state index contributed by atoms with van der Waals surface area (Å²) in [4.78, 5) is 2.39. The molecule has 2 unspecified atom stereocenters. The van der Waals surface area contributed by atoms with Crippen LogP contribution in [0.25, 0.3) is 0 Å². The van der Waals surface area contributed by atoms with Gasteiger partial charge in [0, 0.05) is 30.1 Å². The largest absolute Gasteiger partial charge is 0.367 e. The zero-order valence-corrected chi connectivity index (χ0v) is 13.3. The molecule has 1 aromatic rings. The SMILES string of the molecule is CCC(C)C1CN(c2ccc(Br)cc2Cl)CCN1. The molecule has 0 saturated carbocycles. The van der Waals surface area contributed by atoms with E-state index >= 15 is 0 Å². The van der Waals surface area contributed by atoms with E-state index in [2.05, 4.69) is 52.1 Å². The van der Waals surface area contributed by atoms with Gasteiger partial charge in [-0.2, -0.15) is 0 Å². The molecule has 4 heteroatoms. The fourth-order valence-electron chi connectivity index (χ4n) is 2.40. The second-order valence-electron chi connectivity index (χ2n) is 4.99.